The van der Waals surface area contributed by atoms with Gasteiger partial charge in [-0.1, -0.05) is 6.07 Å². The van der Waals surface area contributed by atoms with Crippen LogP contribution in [-0.4, -0.2) is 46.2 Å². The molecule has 0 bridgehead atoms. The van der Waals surface area contributed by atoms with Gasteiger partial charge in [0.25, 0.3) is 5.91 Å². The van der Waals surface area contributed by atoms with Crippen LogP contribution in [-0.2, 0) is 12.7 Å². The zero-order valence-electron chi connectivity index (χ0n) is 15.1. The second-order valence-corrected chi connectivity index (χ2v) is 7.31. The summed E-state index contributed by atoms with van der Waals surface area (Å²) in [6, 6.07) is 6.57. The molecule has 0 aliphatic rings. The summed E-state index contributed by atoms with van der Waals surface area (Å²) in [5.41, 5.74) is -0.267. The zero-order valence-corrected chi connectivity index (χ0v) is 16.7. The molecule has 1 aromatic carbocycles. The Morgan fingerprint density at radius 1 is 1.29 bits per heavy atom. The fraction of sp³-hybridized carbons (Fsp3) is 0.278. The van der Waals surface area contributed by atoms with Crippen LogP contribution in [0.3, 0.4) is 0 Å². The average molecular weight is 456 g/mol. The highest BCUT2D eigenvalue weighted by molar-refractivity contribution is 9.10. The molecule has 0 fully saturated rings. The number of carbonyl (C=O) groups is 1. The van der Waals surface area contributed by atoms with Crippen LogP contribution in [0.15, 0.2) is 41.0 Å². The third kappa shape index (κ3) is 4.68. The van der Waals surface area contributed by atoms with Gasteiger partial charge in [-0.25, -0.2) is 4.98 Å². The van der Waals surface area contributed by atoms with E-state index in [1.54, 1.807) is 16.8 Å². The van der Waals surface area contributed by atoms with Gasteiger partial charge in [0, 0.05) is 28.3 Å². The molecular formula is C18H17BrF3N5O. The van der Waals surface area contributed by atoms with Gasteiger partial charge >= 0.3 is 6.18 Å². The molecule has 1 amide bonds. The summed E-state index contributed by atoms with van der Waals surface area (Å²) in [4.78, 5) is 17.8. The van der Waals surface area contributed by atoms with E-state index in [-0.39, 0.29) is 5.69 Å². The minimum atomic E-state index is -4.61. The molecular weight excluding hydrogens is 439 g/mol. The van der Waals surface area contributed by atoms with Gasteiger partial charge in [-0.3, -0.25) is 9.48 Å². The largest absolute Gasteiger partial charge is 0.433 e. The quantitative estimate of drug-likeness (QED) is 0.630. The van der Waals surface area contributed by atoms with Gasteiger partial charge in [-0.2, -0.15) is 18.3 Å². The molecule has 28 heavy (non-hydrogen) atoms. The molecule has 6 nitrogen and oxygen atoms in total. The van der Waals surface area contributed by atoms with Crippen molar-refractivity contribution in [3.05, 3.63) is 52.4 Å². The summed E-state index contributed by atoms with van der Waals surface area (Å²) in [5, 5.41) is 7.87. The second kappa shape index (κ2) is 7.88. The minimum Gasteiger partial charge on any atom is -0.321 e. The first kappa shape index (κ1) is 20.3. The summed E-state index contributed by atoms with van der Waals surface area (Å²) >= 11 is 3.42. The topological polar surface area (TPSA) is 63.0 Å². The van der Waals surface area contributed by atoms with Crippen LogP contribution in [0.25, 0.3) is 10.9 Å². The van der Waals surface area contributed by atoms with Crippen LogP contribution in [0.5, 0.6) is 0 Å². The molecule has 0 atom stereocenters. The van der Waals surface area contributed by atoms with E-state index in [1.807, 2.05) is 25.2 Å². The lowest BCUT2D eigenvalue weighted by Gasteiger charge is -2.09. The van der Waals surface area contributed by atoms with Gasteiger partial charge in [-0.05, 0) is 54.3 Å². The molecule has 3 aromatic rings. The summed E-state index contributed by atoms with van der Waals surface area (Å²) < 4.78 is 40.8. The van der Waals surface area contributed by atoms with Gasteiger partial charge in [-0.15, -0.1) is 0 Å². The van der Waals surface area contributed by atoms with Crippen molar-refractivity contribution < 1.29 is 18.0 Å². The molecule has 0 unspecified atom stereocenters. The number of fused-ring (bicyclic) bond motifs is 1. The van der Waals surface area contributed by atoms with E-state index in [1.165, 1.54) is 6.07 Å². The average Bonchev–Trinajstić information content (AvgIpc) is 3.03. The number of halogens is 4. The first-order valence-corrected chi connectivity index (χ1v) is 9.10. The molecule has 2 heterocycles. The fourth-order valence-electron chi connectivity index (χ4n) is 2.55. The number of amides is 1. The molecule has 10 heteroatoms. The van der Waals surface area contributed by atoms with E-state index in [9.17, 15) is 18.0 Å². The monoisotopic (exact) mass is 455 g/mol. The van der Waals surface area contributed by atoms with Crippen molar-refractivity contribution >= 4 is 38.4 Å². The lowest BCUT2D eigenvalue weighted by molar-refractivity contribution is -0.141. The molecule has 0 spiro atoms. The summed E-state index contributed by atoms with van der Waals surface area (Å²) in [7, 11) is 3.93. The molecule has 0 aliphatic heterocycles. The van der Waals surface area contributed by atoms with E-state index in [2.05, 4.69) is 31.3 Å². The van der Waals surface area contributed by atoms with E-state index < -0.39 is 17.8 Å². The molecule has 0 aliphatic carbocycles. The Balaban J connectivity index is 1.83. The number of hydrogen-bond acceptors (Lipinski definition) is 4. The Hall–Kier alpha value is -2.46. The number of carbonyl (C=O) groups excluding carboxylic acids is 1. The fourth-order valence-corrected chi connectivity index (χ4v) is 3.10. The summed E-state index contributed by atoms with van der Waals surface area (Å²) in [5.74, 6) is -0.725. The number of anilines is 1. The lowest BCUT2D eigenvalue weighted by Crippen LogP contribution is -2.18. The van der Waals surface area contributed by atoms with Crippen molar-refractivity contribution in [3.63, 3.8) is 0 Å². The van der Waals surface area contributed by atoms with Gasteiger partial charge in [0.2, 0.25) is 0 Å². The van der Waals surface area contributed by atoms with Crippen molar-refractivity contribution in [3.8, 4) is 0 Å². The van der Waals surface area contributed by atoms with E-state index in [4.69, 9.17) is 0 Å². The second-order valence-electron chi connectivity index (χ2n) is 6.45. The van der Waals surface area contributed by atoms with Gasteiger partial charge in [0.05, 0.1) is 6.54 Å². The van der Waals surface area contributed by atoms with E-state index in [0.29, 0.717) is 16.7 Å². The maximum absolute atomic E-state index is 12.8. The van der Waals surface area contributed by atoms with E-state index >= 15 is 0 Å². The van der Waals surface area contributed by atoms with Gasteiger partial charge in [0.1, 0.15) is 16.9 Å². The molecule has 0 saturated heterocycles. The predicted molar refractivity (Wildman–Crippen MR) is 103 cm³/mol. The highest BCUT2D eigenvalue weighted by Gasteiger charge is 2.32. The molecule has 0 saturated carbocycles. The maximum Gasteiger partial charge on any atom is 0.433 e. The summed E-state index contributed by atoms with van der Waals surface area (Å²) in [6.07, 6.45) is -2.76. The number of nitrogens with one attached hydrogen (secondary N) is 1. The Morgan fingerprint density at radius 3 is 2.71 bits per heavy atom. The van der Waals surface area contributed by atoms with E-state index in [0.717, 1.165) is 29.6 Å². The molecule has 2 aromatic heterocycles. The van der Waals surface area contributed by atoms with Crippen molar-refractivity contribution in [1.29, 1.82) is 0 Å². The number of hydrogen-bond donors (Lipinski definition) is 1. The molecule has 0 radical (unpaired) electrons. The first-order valence-electron chi connectivity index (χ1n) is 8.30. The highest BCUT2D eigenvalue weighted by Crippen LogP contribution is 2.29. The maximum atomic E-state index is 12.8. The predicted octanol–water partition coefficient (Wildman–Crippen LogP) is 4.03. The highest BCUT2D eigenvalue weighted by atomic mass is 79.9. The third-order valence-electron chi connectivity index (χ3n) is 3.92. The number of benzene rings is 1. The SMILES string of the molecule is CN(C)CCn1cc2cc(NC(=O)c3cccc(C(F)(F)F)n3)cc(Br)c2n1. The minimum absolute atomic E-state index is 0.312. The van der Waals surface area contributed by atoms with Crippen molar-refractivity contribution in [1.82, 2.24) is 19.7 Å². The van der Waals surface area contributed by atoms with Crippen LogP contribution in [0.4, 0.5) is 18.9 Å². The third-order valence-corrected chi connectivity index (χ3v) is 4.52. The smallest absolute Gasteiger partial charge is 0.321 e. The van der Waals surface area contributed by atoms with Crippen LogP contribution < -0.4 is 5.32 Å². The first-order chi connectivity index (χ1) is 13.1. The van der Waals surface area contributed by atoms with Gasteiger partial charge in [0.15, 0.2) is 0 Å². The Labute approximate surface area is 167 Å². The molecule has 148 valence electrons. The van der Waals surface area contributed by atoms with Crippen molar-refractivity contribution in [2.24, 2.45) is 0 Å². The van der Waals surface area contributed by atoms with Crippen LogP contribution in [0.1, 0.15) is 16.2 Å². The zero-order chi connectivity index (χ0) is 20.5. The molecule has 1 N–H and O–H groups in total. The van der Waals surface area contributed by atoms with Crippen LogP contribution in [0.2, 0.25) is 0 Å². The lowest BCUT2D eigenvalue weighted by atomic mass is 10.2. The number of nitrogens with zero attached hydrogens (tertiary/aromatic N) is 4. The number of likely N-dealkylation sites (N-methyl/N-ethyl adjacent to an activating group) is 1. The number of alkyl halides is 3. The van der Waals surface area contributed by atoms with Crippen LogP contribution >= 0.6 is 15.9 Å². The van der Waals surface area contributed by atoms with Crippen molar-refractivity contribution in [2.45, 2.75) is 12.7 Å². The van der Waals surface area contributed by atoms with Gasteiger partial charge < -0.3 is 10.2 Å². The number of rotatable bonds is 5. The Kier molecular flexibility index (Phi) is 5.71. The Morgan fingerprint density at radius 2 is 2.04 bits per heavy atom. The number of aromatic nitrogens is 3. The summed E-state index contributed by atoms with van der Waals surface area (Å²) in [6.45, 7) is 1.51. The Bertz CT molecular complexity index is 1020. The number of pyridine rings is 1. The molecule has 3 rings (SSSR count). The van der Waals surface area contributed by atoms with Crippen LogP contribution in [0, 0.1) is 0 Å². The standard InChI is InChI=1S/C18H17BrF3N5O/c1-26(2)6-7-27-10-11-8-12(9-13(19)16(11)25-27)23-17(28)14-4-3-5-15(24-14)18(20,21)22/h3-5,8-10H,6-7H2,1-2H3,(H,23,28). The normalized spacial score (nSPS) is 12.0. The van der Waals surface area contributed by atoms with Crippen molar-refractivity contribution in [2.75, 3.05) is 26.0 Å².